The van der Waals surface area contributed by atoms with Crippen molar-refractivity contribution in [2.24, 2.45) is 0 Å². The van der Waals surface area contributed by atoms with Crippen molar-refractivity contribution in [1.29, 1.82) is 0 Å². The van der Waals surface area contributed by atoms with Crippen LogP contribution in [-0.4, -0.2) is 38.9 Å². The van der Waals surface area contributed by atoms with Crippen LogP contribution in [0.3, 0.4) is 0 Å². The molecule has 1 unspecified atom stereocenters. The van der Waals surface area contributed by atoms with Crippen molar-refractivity contribution >= 4 is 5.97 Å². The predicted octanol–water partition coefficient (Wildman–Crippen LogP) is 1.40. The minimum Gasteiger partial charge on any atom is -0.460 e. The van der Waals surface area contributed by atoms with Crippen molar-refractivity contribution < 1.29 is 14.3 Å². The first-order valence-corrected chi connectivity index (χ1v) is 6.15. The maximum atomic E-state index is 11.1. The van der Waals surface area contributed by atoms with Gasteiger partial charge in [-0.2, -0.15) is 0 Å². The number of hydrogen-bond donors (Lipinski definition) is 1. The molecule has 0 bridgehead atoms. The fourth-order valence-electron chi connectivity index (χ4n) is 1.60. The van der Waals surface area contributed by atoms with Crippen LogP contribution in [0.2, 0.25) is 0 Å². The summed E-state index contributed by atoms with van der Waals surface area (Å²) in [5.74, 6) is -0.324. The van der Waals surface area contributed by atoms with E-state index in [-0.39, 0.29) is 18.7 Å². The molecule has 1 atom stereocenters. The number of ether oxygens (including phenoxy) is 2. The molecule has 0 aromatic heterocycles. The molecule has 0 heterocycles. The van der Waals surface area contributed by atoms with Gasteiger partial charge < -0.3 is 14.8 Å². The van der Waals surface area contributed by atoms with E-state index in [1.807, 2.05) is 25.1 Å². The number of methoxy groups -OCH3 is 1. The average Bonchev–Trinajstić information content (AvgIpc) is 2.36. The van der Waals surface area contributed by atoms with E-state index in [0.717, 1.165) is 13.0 Å². The number of esters is 1. The molecule has 1 N–H and O–H groups in total. The Bertz CT molecular complexity index is 340. The number of hydrogen-bond acceptors (Lipinski definition) is 4. The van der Waals surface area contributed by atoms with Gasteiger partial charge in [0, 0.05) is 13.7 Å². The molecule has 0 saturated heterocycles. The molecule has 0 amide bonds. The zero-order valence-electron chi connectivity index (χ0n) is 11.0. The van der Waals surface area contributed by atoms with Crippen LogP contribution in [0.25, 0.3) is 0 Å². The lowest BCUT2D eigenvalue weighted by molar-refractivity contribution is -0.152. The third kappa shape index (κ3) is 6.37. The highest BCUT2D eigenvalue weighted by Crippen LogP contribution is 1.98. The van der Waals surface area contributed by atoms with Crippen molar-refractivity contribution in [2.75, 3.05) is 26.8 Å². The van der Waals surface area contributed by atoms with E-state index in [1.54, 1.807) is 0 Å². The Hall–Kier alpha value is -1.39. The summed E-state index contributed by atoms with van der Waals surface area (Å²) in [6.45, 7) is 3.40. The maximum Gasteiger partial charge on any atom is 0.332 e. The van der Waals surface area contributed by atoms with E-state index >= 15 is 0 Å². The zero-order chi connectivity index (χ0) is 13.2. The molecule has 4 nitrogen and oxygen atoms in total. The summed E-state index contributed by atoms with van der Waals surface area (Å²) in [5.41, 5.74) is 1.30. The molecule has 1 aromatic carbocycles. The highest BCUT2D eigenvalue weighted by molar-refractivity contribution is 5.70. The third-order valence-corrected chi connectivity index (χ3v) is 2.46. The van der Waals surface area contributed by atoms with Crippen LogP contribution in [-0.2, 0) is 20.7 Å². The van der Waals surface area contributed by atoms with Gasteiger partial charge in [0.1, 0.15) is 12.7 Å². The lowest BCUT2D eigenvalue weighted by Crippen LogP contribution is -2.31. The molecule has 100 valence electrons. The van der Waals surface area contributed by atoms with Gasteiger partial charge in [-0.25, -0.2) is 4.79 Å². The molecule has 1 rings (SSSR count). The third-order valence-electron chi connectivity index (χ3n) is 2.46. The Morgan fingerprint density at radius 2 is 2.06 bits per heavy atom. The standard InChI is InChI=1S/C14H21NO3/c1-12(18-14(16)11-17-2)10-15-9-8-13-6-4-3-5-7-13/h3-7,12,15H,8-11H2,1-2H3. The smallest absolute Gasteiger partial charge is 0.332 e. The van der Waals surface area contributed by atoms with E-state index in [4.69, 9.17) is 9.47 Å². The number of benzene rings is 1. The summed E-state index contributed by atoms with van der Waals surface area (Å²) < 4.78 is 9.81. The summed E-state index contributed by atoms with van der Waals surface area (Å²) in [6, 6.07) is 10.3. The minimum absolute atomic E-state index is 0.00829. The second-order valence-corrected chi connectivity index (χ2v) is 4.17. The van der Waals surface area contributed by atoms with Crippen LogP contribution in [0.15, 0.2) is 30.3 Å². The van der Waals surface area contributed by atoms with Crippen LogP contribution in [0.4, 0.5) is 0 Å². The molecule has 1 aromatic rings. The number of carbonyl (C=O) groups excluding carboxylic acids is 1. The first kappa shape index (κ1) is 14.7. The van der Waals surface area contributed by atoms with Gasteiger partial charge in [0.2, 0.25) is 0 Å². The van der Waals surface area contributed by atoms with Crippen LogP contribution in [0.1, 0.15) is 12.5 Å². The van der Waals surface area contributed by atoms with Gasteiger partial charge in [-0.1, -0.05) is 30.3 Å². The minimum atomic E-state index is -0.324. The molecular formula is C14H21NO3. The molecule has 0 aliphatic rings. The number of rotatable bonds is 8. The SMILES string of the molecule is COCC(=O)OC(C)CNCCc1ccccc1. The number of nitrogens with one attached hydrogen (secondary N) is 1. The summed E-state index contributed by atoms with van der Waals surface area (Å²) in [4.78, 5) is 11.1. The quantitative estimate of drug-likeness (QED) is 0.560. The summed E-state index contributed by atoms with van der Waals surface area (Å²) in [7, 11) is 1.48. The summed E-state index contributed by atoms with van der Waals surface area (Å²) >= 11 is 0. The molecule has 0 radical (unpaired) electrons. The lowest BCUT2D eigenvalue weighted by atomic mass is 10.1. The molecule has 0 spiro atoms. The van der Waals surface area contributed by atoms with Crippen LogP contribution in [0, 0.1) is 0 Å². The van der Waals surface area contributed by atoms with Gasteiger partial charge in [0.05, 0.1) is 0 Å². The average molecular weight is 251 g/mol. The number of carbonyl (C=O) groups is 1. The molecule has 4 heteroatoms. The van der Waals surface area contributed by atoms with Crippen molar-refractivity contribution in [3.8, 4) is 0 Å². The summed E-state index contributed by atoms with van der Waals surface area (Å²) in [6.07, 6.45) is 0.836. The van der Waals surface area contributed by atoms with Gasteiger partial charge in [-0.3, -0.25) is 0 Å². The van der Waals surface area contributed by atoms with Gasteiger partial charge in [-0.15, -0.1) is 0 Å². The molecular weight excluding hydrogens is 230 g/mol. The van der Waals surface area contributed by atoms with Crippen LogP contribution < -0.4 is 5.32 Å². The first-order chi connectivity index (χ1) is 8.72. The predicted molar refractivity (Wildman–Crippen MR) is 70.4 cm³/mol. The van der Waals surface area contributed by atoms with Gasteiger partial charge >= 0.3 is 5.97 Å². The Kier molecular flexibility index (Phi) is 7.06. The monoisotopic (exact) mass is 251 g/mol. The molecule has 0 saturated carbocycles. The molecule has 0 aliphatic heterocycles. The van der Waals surface area contributed by atoms with E-state index < -0.39 is 0 Å². The normalized spacial score (nSPS) is 12.1. The fraction of sp³-hybridized carbons (Fsp3) is 0.500. The first-order valence-electron chi connectivity index (χ1n) is 6.15. The van der Waals surface area contributed by atoms with E-state index in [2.05, 4.69) is 17.4 Å². The molecule has 0 aliphatic carbocycles. The van der Waals surface area contributed by atoms with Crippen LogP contribution in [0.5, 0.6) is 0 Å². The van der Waals surface area contributed by atoms with Crippen molar-refractivity contribution in [2.45, 2.75) is 19.4 Å². The van der Waals surface area contributed by atoms with Crippen molar-refractivity contribution in [3.63, 3.8) is 0 Å². The van der Waals surface area contributed by atoms with E-state index in [1.165, 1.54) is 12.7 Å². The Morgan fingerprint density at radius 3 is 2.72 bits per heavy atom. The van der Waals surface area contributed by atoms with E-state index in [9.17, 15) is 4.79 Å². The highest BCUT2D eigenvalue weighted by atomic mass is 16.6. The van der Waals surface area contributed by atoms with Crippen molar-refractivity contribution in [3.05, 3.63) is 35.9 Å². The largest absolute Gasteiger partial charge is 0.460 e. The van der Waals surface area contributed by atoms with Gasteiger partial charge in [-0.05, 0) is 25.5 Å². The topological polar surface area (TPSA) is 47.6 Å². The lowest BCUT2D eigenvalue weighted by Gasteiger charge is -2.13. The van der Waals surface area contributed by atoms with Gasteiger partial charge in [0.25, 0.3) is 0 Å². The Morgan fingerprint density at radius 1 is 1.33 bits per heavy atom. The second-order valence-electron chi connectivity index (χ2n) is 4.17. The van der Waals surface area contributed by atoms with Crippen LogP contribution >= 0.6 is 0 Å². The van der Waals surface area contributed by atoms with Gasteiger partial charge in [0.15, 0.2) is 0 Å². The fourth-order valence-corrected chi connectivity index (χ4v) is 1.60. The molecule has 0 fully saturated rings. The summed E-state index contributed by atoms with van der Waals surface area (Å²) in [5, 5.41) is 3.26. The Labute approximate surface area is 108 Å². The second kappa shape index (κ2) is 8.66. The Balaban J connectivity index is 2.09. The highest BCUT2D eigenvalue weighted by Gasteiger charge is 2.08. The molecule has 18 heavy (non-hydrogen) atoms. The van der Waals surface area contributed by atoms with E-state index in [0.29, 0.717) is 6.54 Å². The maximum absolute atomic E-state index is 11.1. The van der Waals surface area contributed by atoms with Crippen molar-refractivity contribution in [1.82, 2.24) is 5.32 Å². The zero-order valence-corrected chi connectivity index (χ0v) is 11.0.